The summed E-state index contributed by atoms with van der Waals surface area (Å²) in [7, 11) is 0. The van der Waals surface area contributed by atoms with Gasteiger partial charge in [0.05, 0.1) is 16.6 Å². The van der Waals surface area contributed by atoms with Crippen molar-refractivity contribution in [2.45, 2.75) is 18.6 Å². The molecule has 100 valence electrons. The largest absolute Gasteiger partial charge is 0.392 e. The van der Waals surface area contributed by atoms with E-state index < -0.39 is 0 Å². The summed E-state index contributed by atoms with van der Waals surface area (Å²) in [6.07, 6.45) is 0.162. The van der Waals surface area contributed by atoms with Gasteiger partial charge in [0, 0.05) is 12.1 Å². The maximum Gasteiger partial charge on any atom is 0.244 e. The van der Waals surface area contributed by atoms with E-state index in [9.17, 15) is 9.50 Å². The van der Waals surface area contributed by atoms with E-state index in [0.717, 1.165) is 0 Å². The Morgan fingerprint density at radius 2 is 2.32 bits per heavy atom. The molecule has 1 aromatic heterocycles. The molecular weight excluding hydrogens is 317 g/mol. The van der Waals surface area contributed by atoms with Gasteiger partial charge in [-0.15, -0.1) is 0 Å². The number of nitrogens with one attached hydrogen (secondary N) is 1. The zero-order valence-corrected chi connectivity index (χ0v) is 11.4. The highest BCUT2D eigenvalue weighted by Gasteiger charge is 2.28. The summed E-state index contributed by atoms with van der Waals surface area (Å²) in [4.78, 5) is 4.27. The molecule has 0 saturated carbocycles. The normalized spacial score (nSPS) is 22.9. The fourth-order valence-electron chi connectivity index (χ4n) is 2.03. The van der Waals surface area contributed by atoms with Crippen LogP contribution in [0.15, 0.2) is 27.2 Å². The van der Waals surface area contributed by atoms with Gasteiger partial charge >= 0.3 is 0 Å². The van der Waals surface area contributed by atoms with Gasteiger partial charge in [0.2, 0.25) is 11.7 Å². The minimum Gasteiger partial charge on any atom is -0.392 e. The lowest BCUT2D eigenvalue weighted by atomic mass is 10.2. The Morgan fingerprint density at radius 1 is 1.47 bits per heavy atom. The molecule has 2 N–H and O–H groups in total. The van der Waals surface area contributed by atoms with E-state index in [1.54, 1.807) is 12.1 Å². The molecular formula is C12H11BrFN3O2. The molecule has 1 fully saturated rings. The molecule has 2 heterocycles. The van der Waals surface area contributed by atoms with Crippen molar-refractivity contribution < 1.29 is 14.0 Å². The third-order valence-electron chi connectivity index (χ3n) is 3.03. The van der Waals surface area contributed by atoms with Gasteiger partial charge < -0.3 is 14.9 Å². The molecule has 7 heteroatoms. The zero-order chi connectivity index (χ0) is 13.4. The number of halogens is 2. The molecule has 2 atom stereocenters. The molecule has 5 nitrogen and oxygen atoms in total. The predicted molar refractivity (Wildman–Crippen MR) is 68.8 cm³/mol. The Morgan fingerprint density at radius 3 is 3.00 bits per heavy atom. The van der Waals surface area contributed by atoms with Crippen molar-refractivity contribution in [1.29, 1.82) is 0 Å². The summed E-state index contributed by atoms with van der Waals surface area (Å²) < 4.78 is 18.7. The molecule has 1 saturated heterocycles. The fraction of sp³-hybridized carbons (Fsp3) is 0.333. The summed E-state index contributed by atoms with van der Waals surface area (Å²) in [5.74, 6) is 0.499. The molecule has 0 aliphatic carbocycles. The third-order valence-corrected chi connectivity index (χ3v) is 3.63. The standard InChI is InChI=1S/C12H11BrFN3O2/c13-8-3-6(1-2-9(8)14)11-16-12(19-17-11)10-4-7(18)5-15-10/h1-3,7,10,15,18H,4-5H2/t7-,10+/m0/s1. The molecule has 19 heavy (non-hydrogen) atoms. The molecule has 1 aliphatic heterocycles. The Labute approximate surface area is 117 Å². The van der Waals surface area contributed by atoms with Gasteiger partial charge in [0.15, 0.2) is 0 Å². The van der Waals surface area contributed by atoms with Crippen LogP contribution in [-0.4, -0.2) is 27.9 Å². The van der Waals surface area contributed by atoms with Crippen LogP contribution in [-0.2, 0) is 0 Å². The minimum absolute atomic E-state index is 0.125. The van der Waals surface area contributed by atoms with Gasteiger partial charge in [0.1, 0.15) is 5.82 Å². The number of rotatable bonds is 2. The first-order chi connectivity index (χ1) is 9.13. The van der Waals surface area contributed by atoms with E-state index in [4.69, 9.17) is 4.52 Å². The summed E-state index contributed by atoms with van der Waals surface area (Å²) in [6, 6.07) is 4.40. The summed E-state index contributed by atoms with van der Waals surface area (Å²) >= 11 is 3.12. The van der Waals surface area contributed by atoms with Crippen LogP contribution in [0.3, 0.4) is 0 Å². The summed E-state index contributed by atoms with van der Waals surface area (Å²) in [5, 5.41) is 16.4. The highest BCUT2D eigenvalue weighted by Crippen LogP contribution is 2.26. The number of hydrogen-bond acceptors (Lipinski definition) is 5. The minimum atomic E-state index is -0.389. The molecule has 0 bridgehead atoms. The van der Waals surface area contributed by atoms with Crippen LogP contribution in [0, 0.1) is 5.82 Å². The van der Waals surface area contributed by atoms with E-state index in [0.29, 0.717) is 34.7 Å². The number of β-amino-alcohol motifs (C(OH)–C–C–N with tert-alkyl or cyclic N) is 1. The van der Waals surface area contributed by atoms with E-state index >= 15 is 0 Å². The lowest BCUT2D eigenvalue weighted by Crippen LogP contribution is -2.15. The Hall–Kier alpha value is -1.31. The number of aliphatic hydroxyl groups is 1. The molecule has 3 rings (SSSR count). The Balaban J connectivity index is 1.86. The average molecular weight is 328 g/mol. The number of benzene rings is 1. The number of nitrogens with zero attached hydrogens (tertiary/aromatic N) is 2. The second-order valence-electron chi connectivity index (χ2n) is 4.44. The van der Waals surface area contributed by atoms with Crippen molar-refractivity contribution >= 4 is 15.9 Å². The van der Waals surface area contributed by atoms with E-state index in [1.165, 1.54) is 6.07 Å². The highest BCUT2D eigenvalue weighted by atomic mass is 79.9. The first-order valence-electron chi connectivity index (χ1n) is 5.84. The predicted octanol–water partition coefficient (Wildman–Crippen LogP) is 2.03. The molecule has 0 spiro atoms. The highest BCUT2D eigenvalue weighted by molar-refractivity contribution is 9.10. The molecule has 1 aliphatic rings. The fourth-order valence-corrected chi connectivity index (χ4v) is 2.41. The van der Waals surface area contributed by atoms with Crippen LogP contribution >= 0.6 is 15.9 Å². The molecule has 1 aromatic carbocycles. The van der Waals surface area contributed by atoms with E-state index in [1.807, 2.05) is 0 Å². The lowest BCUT2D eigenvalue weighted by Gasteiger charge is -2.01. The summed E-state index contributed by atoms with van der Waals surface area (Å²) in [5.41, 5.74) is 0.668. The second kappa shape index (κ2) is 4.99. The van der Waals surface area contributed by atoms with Crippen LogP contribution in [0.2, 0.25) is 0 Å². The van der Waals surface area contributed by atoms with Crippen LogP contribution in [0.25, 0.3) is 11.4 Å². The Kier molecular flexibility index (Phi) is 3.34. The van der Waals surface area contributed by atoms with Crippen LogP contribution in [0.5, 0.6) is 0 Å². The van der Waals surface area contributed by atoms with Crippen LogP contribution in [0.1, 0.15) is 18.4 Å². The van der Waals surface area contributed by atoms with Gasteiger partial charge in [-0.1, -0.05) is 5.16 Å². The van der Waals surface area contributed by atoms with Gasteiger partial charge in [0.25, 0.3) is 0 Å². The van der Waals surface area contributed by atoms with Gasteiger partial charge in [-0.2, -0.15) is 4.98 Å². The number of aromatic nitrogens is 2. The van der Waals surface area contributed by atoms with Crippen LogP contribution in [0.4, 0.5) is 4.39 Å². The van der Waals surface area contributed by atoms with E-state index in [2.05, 4.69) is 31.4 Å². The van der Waals surface area contributed by atoms with Crippen molar-refractivity contribution in [1.82, 2.24) is 15.5 Å². The topological polar surface area (TPSA) is 71.2 Å². The smallest absolute Gasteiger partial charge is 0.244 e. The molecule has 0 amide bonds. The van der Waals surface area contributed by atoms with E-state index in [-0.39, 0.29) is 18.0 Å². The first kappa shape index (κ1) is 12.7. The average Bonchev–Trinajstić information content (AvgIpc) is 3.01. The zero-order valence-electron chi connectivity index (χ0n) is 9.81. The lowest BCUT2D eigenvalue weighted by molar-refractivity contribution is 0.191. The molecule has 0 radical (unpaired) electrons. The third kappa shape index (κ3) is 2.54. The van der Waals surface area contributed by atoms with Gasteiger partial charge in [-0.05, 0) is 40.5 Å². The SMILES string of the molecule is O[C@@H]1CN[C@@H](c2nc(-c3ccc(F)c(Br)c3)no2)C1. The van der Waals surface area contributed by atoms with Crippen molar-refractivity contribution in [3.05, 3.63) is 34.4 Å². The van der Waals surface area contributed by atoms with Gasteiger partial charge in [-0.3, -0.25) is 0 Å². The number of aliphatic hydroxyl groups excluding tert-OH is 1. The van der Waals surface area contributed by atoms with Crippen LogP contribution < -0.4 is 5.32 Å². The number of hydrogen-bond donors (Lipinski definition) is 2. The molecule has 0 unspecified atom stereocenters. The van der Waals surface area contributed by atoms with Gasteiger partial charge in [-0.25, -0.2) is 4.39 Å². The maximum atomic E-state index is 13.2. The van der Waals surface area contributed by atoms with Crippen molar-refractivity contribution in [3.63, 3.8) is 0 Å². The summed E-state index contributed by atoms with van der Waals surface area (Å²) in [6.45, 7) is 0.518. The molecule has 2 aromatic rings. The van der Waals surface area contributed by atoms with Crippen molar-refractivity contribution in [2.75, 3.05) is 6.54 Å². The first-order valence-corrected chi connectivity index (χ1v) is 6.63. The Bertz CT molecular complexity index is 604. The second-order valence-corrected chi connectivity index (χ2v) is 5.29. The maximum absolute atomic E-state index is 13.2. The van der Waals surface area contributed by atoms with Crippen molar-refractivity contribution in [3.8, 4) is 11.4 Å². The van der Waals surface area contributed by atoms with Crippen molar-refractivity contribution in [2.24, 2.45) is 0 Å². The monoisotopic (exact) mass is 327 g/mol. The quantitative estimate of drug-likeness (QED) is 0.883.